The summed E-state index contributed by atoms with van der Waals surface area (Å²) in [6.07, 6.45) is 1.00. The fourth-order valence-corrected chi connectivity index (χ4v) is 2.17. The van der Waals surface area contributed by atoms with Crippen molar-refractivity contribution in [3.63, 3.8) is 0 Å². The van der Waals surface area contributed by atoms with Crippen molar-refractivity contribution < 1.29 is 33.3 Å². The lowest BCUT2D eigenvalue weighted by Gasteiger charge is -2.15. The molecule has 0 heterocycles. The zero-order valence-electron chi connectivity index (χ0n) is 15.5. The number of ether oxygens (including phenoxy) is 4. The van der Waals surface area contributed by atoms with Crippen molar-refractivity contribution in [3.8, 4) is 5.75 Å². The molecule has 0 bridgehead atoms. The molecule has 0 aliphatic rings. The maximum atomic E-state index is 11.8. The predicted octanol–water partition coefficient (Wildman–Crippen LogP) is 1.89. The van der Waals surface area contributed by atoms with Gasteiger partial charge in [-0.1, -0.05) is 0 Å². The molecule has 0 atom stereocenters. The third-order valence-corrected chi connectivity index (χ3v) is 3.25. The van der Waals surface area contributed by atoms with Gasteiger partial charge in [0.2, 0.25) is 0 Å². The van der Waals surface area contributed by atoms with Crippen molar-refractivity contribution >= 4 is 23.6 Å². The highest BCUT2D eigenvalue weighted by atomic mass is 16.6. The van der Waals surface area contributed by atoms with E-state index in [-0.39, 0.29) is 18.9 Å². The molecule has 0 fully saturated rings. The number of rotatable bonds is 8. The third kappa shape index (κ3) is 6.12. The van der Waals surface area contributed by atoms with Gasteiger partial charge in [0.1, 0.15) is 11.4 Å². The first-order chi connectivity index (χ1) is 12.3. The largest absolute Gasteiger partial charge is 0.481 e. The van der Waals surface area contributed by atoms with Crippen LogP contribution < -0.4 is 10.1 Å². The monoisotopic (exact) mass is 365 g/mol. The van der Waals surface area contributed by atoms with Gasteiger partial charge in [-0.2, -0.15) is 0 Å². The third-order valence-electron chi connectivity index (χ3n) is 3.25. The van der Waals surface area contributed by atoms with E-state index in [4.69, 9.17) is 9.47 Å². The average molecular weight is 365 g/mol. The first-order valence-corrected chi connectivity index (χ1v) is 7.87. The summed E-state index contributed by atoms with van der Waals surface area (Å²) in [5, 5.41) is 2.83. The number of benzene rings is 1. The van der Waals surface area contributed by atoms with Crippen LogP contribution in [0, 0.1) is 13.8 Å². The van der Waals surface area contributed by atoms with E-state index in [1.165, 1.54) is 14.2 Å². The van der Waals surface area contributed by atoms with Crippen LogP contribution in [-0.4, -0.2) is 45.3 Å². The number of anilines is 1. The summed E-state index contributed by atoms with van der Waals surface area (Å²) in [5.41, 5.74) is 1.94. The molecular weight excluding hydrogens is 342 g/mol. The number of esters is 3. The number of methoxy groups -OCH3 is 2. The minimum atomic E-state index is -0.714. The topological polar surface area (TPSA) is 100 Å². The Morgan fingerprint density at radius 2 is 1.69 bits per heavy atom. The number of carbonyl (C=O) groups is 3. The van der Waals surface area contributed by atoms with E-state index in [9.17, 15) is 14.4 Å². The molecule has 1 rings (SSSR count). The van der Waals surface area contributed by atoms with E-state index in [1.807, 2.05) is 0 Å². The smallest absolute Gasteiger partial charge is 0.354 e. The van der Waals surface area contributed by atoms with E-state index >= 15 is 0 Å². The molecule has 8 nitrogen and oxygen atoms in total. The zero-order valence-corrected chi connectivity index (χ0v) is 15.5. The van der Waals surface area contributed by atoms with Gasteiger partial charge < -0.3 is 24.3 Å². The lowest BCUT2D eigenvalue weighted by atomic mass is 10.1. The average Bonchev–Trinajstić information content (AvgIpc) is 2.59. The van der Waals surface area contributed by atoms with Gasteiger partial charge in [-0.15, -0.1) is 0 Å². The summed E-state index contributed by atoms with van der Waals surface area (Å²) in [4.78, 5) is 34.6. The molecule has 1 aromatic carbocycles. The Hall–Kier alpha value is -3.03. The molecule has 142 valence electrons. The van der Waals surface area contributed by atoms with E-state index in [1.54, 1.807) is 32.9 Å². The summed E-state index contributed by atoms with van der Waals surface area (Å²) >= 11 is 0. The van der Waals surface area contributed by atoms with Crippen molar-refractivity contribution in [1.82, 2.24) is 0 Å². The molecule has 8 heteroatoms. The molecule has 0 saturated heterocycles. The first-order valence-electron chi connectivity index (χ1n) is 7.87. The van der Waals surface area contributed by atoms with Crippen LogP contribution >= 0.6 is 0 Å². The van der Waals surface area contributed by atoms with Crippen LogP contribution in [0.3, 0.4) is 0 Å². The highest BCUT2D eigenvalue weighted by Crippen LogP contribution is 2.28. The number of aryl methyl sites for hydroxylation is 2. The minimum absolute atomic E-state index is 0.0710. The highest BCUT2D eigenvalue weighted by molar-refractivity contribution is 5.98. The Labute approximate surface area is 152 Å². The van der Waals surface area contributed by atoms with Crippen LogP contribution in [-0.2, 0) is 28.6 Å². The normalized spacial score (nSPS) is 10.7. The predicted molar refractivity (Wildman–Crippen MR) is 93.8 cm³/mol. The second kappa shape index (κ2) is 10.1. The van der Waals surface area contributed by atoms with Gasteiger partial charge in [0.25, 0.3) is 0 Å². The van der Waals surface area contributed by atoms with Crippen LogP contribution in [0.25, 0.3) is 0 Å². The van der Waals surface area contributed by atoms with Crippen molar-refractivity contribution in [2.24, 2.45) is 0 Å². The second-order valence-corrected chi connectivity index (χ2v) is 5.23. The molecule has 0 aliphatic heterocycles. The van der Waals surface area contributed by atoms with Gasteiger partial charge in [0.15, 0.2) is 6.61 Å². The fraction of sp³-hybridized carbons (Fsp3) is 0.389. The molecule has 1 aromatic rings. The minimum Gasteiger partial charge on any atom is -0.481 e. The summed E-state index contributed by atoms with van der Waals surface area (Å²) in [6, 6.07) is 3.42. The molecule has 26 heavy (non-hydrogen) atoms. The van der Waals surface area contributed by atoms with Crippen LogP contribution in [0.5, 0.6) is 5.75 Å². The standard InChI is InChI=1S/C18H23NO7/c1-6-25-16(21)10-26-17-11(2)7-13(8-12(17)3)19-14(18(22)24-5)9-15(20)23-4/h7-9,19H,6,10H2,1-5H3/b14-9+. The summed E-state index contributed by atoms with van der Waals surface area (Å²) < 4.78 is 19.5. The maximum Gasteiger partial charge on any atom is 0.354 e. The van der Waals surface area contributed by atoms with Gasteiger partial charge in [-0.3, -0.25) is 0 Å². The Morgan fingerprint density at radius 1 is 1.08 bits per heavy atom. The number of carbonyl (C=O) groups excluding carboxylic acids is 3. The quantitative estimate of drug-likeness (QED) is 0.423. The zero-order chi connectivity index (χ0) is 19.7. The molecule has 0 aliphatic carbocycles. The Kier molecular flexibility index (Phi) is 8.14. The van der Waals surface area contributed by atoms with Crippen molar-refractivity contribution in [1.29, 1.82) is 0 Å². The number of hydrogen-bond donors (Lipinski definition) is 1. The lowest BCUT2D eigenvalue weighted by Crippen LogP contribution is -2.17. The lowest BCUT2D eigenvalue weighted by molar-refractivity contribution is -0.145. The molecule has 0 amide bonds. The molecule has 1 N–H and O–H groups in total. The molecular formula is C18H23NO7. The van der Waals surface area contributed by atoms with E-state index in [0.29, 0.717) is 11.4 Å². The molecule has 0 spiro atoms. The Bertz CT molecular complexity index is 686. The van der Waals surface area contributed by atoms with Gasteiger partial charge in [-0.05, 0) is 44.0 Å². The van der Waals surface area contributed by atoms with E-state index < -0.39 is 17.9 Å². The van der Waals surface area contributed by atoms with E-state index in [2.05, 4.69) is 14.8 Å². The first kappa shape index (κ1) is 21.0. The molecule has 0 saturated carbocycles. The summed E-state index contributed by atoms with van der Waals surface area (Å²) in [5.74, 6) is -1.32. The van der Waals surface area contributed by atoms with Gasteiger partial charge in [-0.25, -0.2) is 14.4 Å². The van der Waals surface area contributed by atoms with Crippen LogP contribution in [0.15, 0.2) is 23.9 Å². The number of hydrogen-bond acceptors (Lipinski definition) is 8. The second-order valence-electron chi connectivity index (χ2n) is 5.23. The van der Waals surface area contributed by atoms with Crippen LogP contribution in [0.2, 0.25) is 0 Å². The van der Waals surface area contributed by atoms with Crippen molar-refractivity contribution in [3.05, 3.63) is 35.0 Å². The SMILES string of the molecule is CCOC(=O)COc1c(C)cc(N/C(=C/C(=O)OC)C(=O)OC)cc1C. The fourth-order valence-electron chi connectivity index (χ4n) is 2.17. The van der Waals surface area contributed by atoms with Crippen LogP contribution in [0.1, 0.15) is 18.1 Å². The highest BCUT2D eigenvalue weighted by Gasteiger charge is 2.15. The van der Waals surface area contributed by atoms with Crippen molar-refractivity contribution in [2.45, 2.75) is 20.8 Å². The molecule has 0 radical (unpaired) electrons. The molecule has 0 aromatic heterocycles. The maximum absolute atomic E-state index is 11.8. The Balaban J connectivity index is 3.01. The van der Waals surface area contributed by atoms with E-state index in [0.717, 1.165) is 17.2 Å². The van der Waals surface area contributed by atoms with Gasteiger partial charge in [0.05, 0.1) is 26.9 Å². The summed E-state index contributed by atoms with van der Waals surface area (Å²) in [6.45, 7) is 5.39. The van der Waals surface area contributed by atoms with Crippen LogP contribution in [0.4, 0.5) is 5.69 Å². The molecule has 0 unspecified atom stereocenters. The van der Waals surface area contributed by atoms with Gasteiger partial charge in [0, 0.05) is 5.69 Å². The summed E-state index contributed by atoms with van der Waals surface area (Å²) in [7, 11) is 2.41. The van der Waals surface area contributed by atoms with Gasteiger partial charge >= 0.3 is 17.9 Å². The van der Waals surface area contributed by atoms with Crippen molar-refractivity contribution in [2.75, 3.05) is 32.8 Å². The Morgan fingerprint density at radius 3 is 2.19 bits per heavy atom. The number of nitrogens with one attached hydrogen (secondary N) is 1.